The summed E-state index contributed by atoms with van der Waals surface area (Å²) in [5.41, 5.74) is 1.92. The van der Waals surface area contributed by atoms with Gasteiger partial charge in [-0.15, -0.1) is 5.10 Å². The van der Waals surface area contributed by atoms with Gasteiger partial charge in [0.25, 0.3) is 5.91 Å². The topological polar surface area (TPSA) is 123 Å². The van der Waals surface area contributed by atoms with Crippen LogP contribution < -0.4 is 5.32 Å². The molecule has 11 nitrogen and oxygen atoms in total. The standard InChI is InChI=1S/C28H25ClF3N9O2/c1-15-4-3-5-22(19-10-16(8-9-33-19)25-20(36-26(15)42)12-35-39(25)2)40-14-34-24(27(40)43)18-11-17(29)6-7-21(18)41-13-23(37-38-41)28(30,31)32/h6-15,22,24H,3-5H2,1-2H3,(H,36,42)/t15-,22+,24?/m1/s1. The fourth-order valence-electron chi connectivity index (χ4n) is 5.40. The number of hydrogen-bond donors (Lipinski definition) is 1. The van der Waals surface area contributed by atoms with Crippen LogP contribution in [0.4, 0.5) is 18.9 Å². The Morgan fingerprint density at radius 2 is 1.93 bits per heavy atom. The highest BCUT2D eigenvalue weighted by molar-refractivity contribution is 6.30. The van der Waals surface area contributed by atoms with Crippen LogP contribution in [-0.2, 0) is 22.8 Å². The van der Waals surface area contributed by atoms with Crippen molar-refractivity contribution in [1.29, 1.82) is 0 Å². The number of anilines is 1. The third-order valence-corrected chi connectivity index (χ3v) is 7.87. The normalized spacial score (nSPS) is 20.9. The van der Waals surface area contributed by atoms with E-state index in [1.165, 1.54) is 29.4 Å². The Hall–Kier alpha value is -4.59. The van der Waals surface area contributed by atoms with Crippen molar-refractivity contribution in [3.05, 3.63) is 70.9 Å². The molecule has 1 aromatic carbocycles. The Kier molecular flexibility index (Phi) is 7.24. The van der Waals surface area contributed by atoms with Crippen LogP contribution in [-0.4, -0.2) is 52.8 Å². The summed E-state index contributed by atoms with van der Waals surface area (Å²) in [7, 11) is 1.77. The molecule has 43 heavy (non-hydrogen) atoms. The number of halogens is 4. The lowest BCUT2D eigenvalue weighted by molar-refractivity contribution is -0.141. The van der Waals surface area contributed by atoms with Crippen LogP contribution in [0.2, 0.25) is 5.02 Å². The van der Waals surface area contributed by atoms with Gasteiger partial charge < -0.3 is 5.32 Å². The van der Waals surface area contributed by atoms with E-state index in [-0.39, 0.29) is 28.1 Å². The number of aromatic nitrogens is 6. The molecule has 0 saturated carbocycles. The number of carbonyl (C=O) groups is 2. The van der Waals surface area contributed by atoms with E-state index < -0.39 is 29.9 Å². The molecule has 2 bridgehead atoms. The number of fused-ring (bicyclic) bond motifs is 4. The monoisotopic (exact) mass is 611 g/mol. The lowest BCUT2D eigenvalue weighted by Gasteiger charge is -2.27. The summed E-state index contributed by atoms with van der Waals surface area (Å²) in [6.07, 6.45) is 2.37. The summed E-state index contributed by atoms with van der Waals surface area (Å²) < 4.78 is 42.3. The third-order valence-electron chi connectivity index (χ3n) is 7.63. The van der Waals surface area contributed by atoms with E-state index >= 15 is 0 Å². The van der Waals surface area contributed by atoms with E-state index in [1.54, 1.807) is 30.2 Å². The largest absolute Gasteiger partial charge is 0.436 e. The number of nitrogens with one attached hydrogen (secondary N) is 1. The number of rotatable bonds is 3. The summed E-state index contributed by atoms with van der Waals surface area (Å²) in [6.45, 7) is 1.84. The van der Waals surface area contributed by atoms with E-state index in [4.69, 9.17) is 11.6 Å². The highest BCUT2D eigenvalue weighted by Gasteiger charge is 2.38. The number of alkyl halides is 3. The van der Waals surface area contributed by atoms with Crippen molar-refractivity contribution in [2.75, 3.05) is 5.32 Å². The number of benzene rings is 1. The summed E-state index contributed by atoms with van der Waals surface area (Å²) in [6, 6.07) is 6.48. The highest BCUT2D eigenvalue weighted by atomic mass is 35.5. The lowest BCUT2D eigenvalue weighted by Crippen LogP contribution is -2.33. The number of aliphatic imine (C=N–C) groups is 1. The van der Waals surface area contributed by atoms with Gasteiger partial charge in [0, 0.05) is 35.3 Å². The van der Waals surface area contributed by atoms with Crippen molar-refractivity contribution in [2.45, 2.75) is 44.4 Å². The molecule has 1 N–H and O–H groups in total. The molecule has 5 heterocycles. The fraction of sp³-hybridized carbons (Fsp3) is 0.321. The van der Waals surface area contributed by atoms with Crippen molar-refractivity contribution in [2.24, 2.45) is 18.0 Å². The molecule has 222 valence electrons. The van der Waals surface area contributed by atoms with Gasteiger partial charge in [-0.2, -0.15) is 18.3 Å². The molecule has 4 aromatic rings. The molecule has 3 aromatic heterocycles. The van der Waals surface area contributed by atoms with Gasteiger partial charge in [0.05, 0.1) is 47.5 Å². The van der Waals surface area contributed by atoms with Crippen LogP contribution in [0.1, 0.15) is 55.2 Å². The minimum Gasteiger partial charge on any atom is -0.323 e. The average molecular weight is 612 g/mol. The van der Waals surface area contributed by atoms with Crippen molar-refractivity contribution in [1.82, 2.24) is 34.7 Å². The summed E-state index contributed by atoms with van der Waals surface area (Å²) in [4.78, 5) is 37.5. The average Bonchev–Trinajstić information content (AvgIpc) is 3.69. The fourth-order valence-corrected chi connectivity index (χ4v) is 5.58. The predicted molar refractivity (Wildman–Crippen MR) is 150 cm³/mol. The van der Waals surface area contributed by atoms with E-state index in [2.05, 4.69) is 30.7 Å². The molecule has 0 fully saturated rings. The van der Waals surface area contributed by atoms with Crippen LogP contribution in [0.5, 0.6) is 0 Å². The van der Waals surface area contributed by atoms with Crippen LogP contribution in [0, 0.1) is 5.92 Å². The molecule has 3 atom stereocenters. The predicted octanol–water partition coefficient (Wildman–Crippen LogP) is 5.15. The maximum absolute atomic E-state index is 14.0. The van der Waals surface area contributed by atoms with Crippen LogP contribution in [0.25, 0.3) is 16.9 Å². The van der Waals surface area contributed by atoms with Crippen LogP contribution in [0.3, 0.4) is 0 Å². The zero-order chi connectivity index (χ0) is 30.5. The number of carbonyl (C=O) groups excluding carboxylic acids is 2. The van der Waals surface area contributed by atoms with Crippen LogP contribution >= 0.6 is 11.6 Å². The SMILES string of the molecule is C[C@@H]1CCC[C@H](N2C=NC(c3cc(Cl)ccc3-n3cc(C(F)(F)F)nn3)C2=O)c2cc(ccn2)-c2c(cnn2C)NC1=O. The Morgan fingerprint density at radius 3 is 2.70 bits per heavy atom. The first-order chi connectivity index (χ1) is 20.5. The maximum atomic E-state index is 14.0. The highest BCUT2D eigenvalue weighted by Crippen LogP contribution is 2.38. The second-order valence-corrected chi connectivity index (χ2v) is 10.9. The van der Waals surface area contributed by atoms with Gasteiger partial charge in [-0.05, 0) is 43.2 Å². The molecule has 2 aliphatic rings. The number of nitrogens with zero attached hydrogens (tertiary/aromatic N) is 8. The van der Waals surface area contributed by atoms with Gasteiger partial charge >= 0.3 is 6.18 Å². The third kappa shape index (κ3) is 5.38. The zero-order valence-electron chi connectivity index (χ0n) is 23.0. The summed E-state index contributed by atoms with van der Waals surface area (Å²) in [5, 5.41) is 14.4. The van der Waals surface area contributed by atoms with Crippen molar-refractivity contribution in [3.63, 3.8) is 0 Å². The first kappa shape index (κ1) is 28.5. The molecule has 6 rings (SSSR count). The quantitative estimate of drug-likeness (QED) is 0.342. The van der Waals surface area contributed by atoms with Crippen molar-refractivity contribution >= 4 is 35.4 Å². The van der Waals surface area contributed by atoms with Gasteiger partial charge in [0.1, 0.15) is 0 Å². The first-order valence-electron chi connectivity index (χ1n) is 13.5. The van der Waals surface area contributed by atoms with Crippen molar-refractivity contribution in [3.8, 4) is 16.9 Å². The minimum absolute atomic E-state index is 0.130. The molecule has 15 heteroatoms. The van der Waals surface area contributed by atoms with E-state index in [1.807, 2.05) is 13.0 Å². The molecule has 0 saturated heterocycles. The van der Waals surface area contributed by atoms with E-state index in [9.17, 15) is 22.8 Å². The molecular formula is C28H25ClF3N9O2. The smallest absolute Gasteiger partial charge is 0.323 e. The number of aryl methyl sites for hydroxylation is 1. The van der Waals surface area contributed by atoms with Crippen molar-refractivity contribution < 1.29 is 22.8 Å². The summed E-state index contributed by atoms with van der Waals surface area (Å²) in [5.74, 6) is -0.834. The molecule has 0 radical (unpaired) electrons. The number of hydrogen-bond acceptors (Lipinski definition) is 7. The Balaban J connectivity index is 1.37. The lowest BCUT2D eigenvalue weighted by atomic mass is 9.96. The minimum atomic E-state index is -4.69. The zero-order valence-corrected chi connectivity index (χ0v) is 23.7. The molecule has 1 unspecified atom stereocenters. The van der Waals surface area contributed by atoms with Gasteiger partial charge in [-0.1, -0.05) is 30.2 Å². The Morgan fingerprint density at radius 1 is 1.12 bits per heavy atom. The molecular weight excluding hydrogens is 587 g/mol. The maximum Gasteiger partial charge on any atom is 0.436 e. The van der Waals surface area contributed by atoms with Gasteiger partial charge in [0.2, 0.25) is 5.91 Å². The second kappa shape index (κ2) is 10.9. The Bertz CT molecular complexity index is 1750. The van der Waals surface area contributed by atoms with Gasteiger partial charge in [0.15, 0.2) is 11.7 Å². The molecule has 2 aliphatic heterocycles. The van der Waals surface area contributed by atoms with Crippen LogP contribution in [0.15, 0.2) is 53.9 Å². The van der Waals surface area contributed by atoms with Gasteiger partial charge in [-0.3, -0.25) is 29.1 Å². The number of amides is 2. The van der Waals surface area contributed by atoms with Gasteiger partial charge in [-0.25, -0.2) is 4.68 Å². The van der Waals surface area contributed by atoms with E-state index in [0.717, 1.165) is 16.4 Å². The Labute approximate surface area is 248 Å². The summed E-state index contributed by atoms with van der Waals surface area (Å²) >= 11 is 6.26. The molecule has 0 aliphatic carbocycles. The van der Waals surface area contributed by atoms with E-state index in [0.29, 0.717) is 36.3 Å². The second-order valence-electron chi connectivity index (χ2n) is 10.5. The number of pyridine rings is 1. The molecule has 2 amide bonds. The molecule has 0 spiro atoms. The first-order valence-corrected chi connectivity index (χ1v) is 13.8.